The Hall–Kier alpha value is -1.67. The summed E-state index contributed by atoms with van der Waals surface area (Å²) in [5.41, 5.74) is 10.0. The lowest BCUT2D eigenvalue weighted by Gasteiger charge is -2.16. The molecule has 0 aromatic heterocycles. The first kappa shape index (κ1) is 14.7. The molecule has 0 heterocycles. The molecule has 20 heavy (non-hydrogen) atoms. The van der Waals surface area contributed by atoms with Gasteiger partial charge in [0.15, 0.2) is 0 Å². The van der Waals surface area contributed by atoms with Crippen LogP contribution in [0.15, 0.2) is 36.4 Å². The van der Waals surface area contributed by atoms with E-state index in [2.05, 4.69) is 13.8 Å². The largest absolute Gasteiger partial charge is 0.489 e. The third kappa shape index (κ3) is 3.45. The van der Waals surface area contributed by atoms with Gasteiger partial charge >= 0.3 is 0 Å². The van der Waals surface area contributed by atoms with E-state index >= 15 is 0 Å². The maximum Gasteiger partial charge on any atom is 0.123 e. The molecular weight excluding hydrogens is 270 g/mol. The molecule has 0 radical (unpaired) electrons. The van der Waals surface area contributed by atoms with E-state index in [-0.39, 0.29) is 0 Å². The van der Waals surface area contributed by atoms with E-state index in [0.29, 0.717) is 12.5 Å². The number of rotatable bonds is 4. The van der Waals surface area contributed by atoms with Gasteiger partial charge in [-0.2, -0.15) is 0 Å². The van der Waals surface area contributed by atoms with Crippen LogP contribution >= 0.6 is 11.6 Å². The minimum atomic E-state index is 0.368. The van der Waals surface area contributed by atoms with Crippen LogP contribution in [0.25, 0.3) is 0 Å². The van der Waals surface area contributed by atoms with Crippen LogP contribution in [0.4, 0.5) is 5.69 Å². The standard InChI is InChI=1S/C17H20ClNO/c1-11(2)15-9-16(19)12(3)7-17(15)20-10-13-5-4-6-14(18)8-13/h4-9,11H,10,19H2,1-3H3. The molecule has 0 fully saturated rings. The minimum absolute atomic E-state index is 0.368. The molecule has 0 atom stereocenters. The highest BCUT2D eigenvalue weighted by Gasteiger charge is 2.11. The molecule has 0 saturated heterocycles. The summed E-state index contributed by atoms with van der Waals surface area (Å²) in [5.74, 6) is 1.26. The molecule has 0 amide bonds. The second kappa shape index (κ2) is 6.19. The van der Waals surface area contributed by atoms with Crippen molar-refractivity contribution >= 4 is 17.3 Å². The first-order chi connectivity index (χ1) is 9.47. The summed E-state index contributed by atoms with van der Waals surface area (Å²) in [7, 11) is 0. The van der Waals surface area contributed by atoms with E-state index in [4.69, 9.17) is 22.1 Å². The fourth-order valence-electron chi connectivity index (χ4n) is 2.08. The van der Waals surface area contributed by atoms with Gasteiger partial charge in [0.2, 0.25) is 0 Å². The number of anilines is 1. The monoisotopic (exact) mass is 289 g/mol. The molecule has 0 spiro atoms. The molecule has 2 nitrogen and oxygen atoms in total. The van der Waals surface area contributed by atoms with E-state index in [1.807, 2.05) is 43.3 Å². The molecular formula is C17H20ClNO. The Kier molecular flexibility index (Phi) is 4.56. The highest BCUT2D eigenvalue weighted by Crippen LogP contribution is 2.31. The second-order valence-corrected chi connectivity index (χ2v) is 5.76. The van der Waals surface area contributed by atoms with Crippen LogP contribution in [-0.2, 0) is 6.61 Å². The summed E-state index contributed by atoms with van der Waals surface area (Å²) >= 11 is 5.98. The molecule has 2 aromatic carbocycles. The zero-order chi connectivity index (χ0) is 14.7. The summed E-state index contributed by atoms with van der Waals surface area (Å²) in [6.07, 6.45) is 0. The van der Waals surface area contributed by atoms with Crippen molar-refractivity contribution < 1.29 is 4.74 Å². The lowest BCUT2D eigenvalue weighted by atomic mass is 9.99. The van der Waals surface area contributed by atoms with Crippen molar-refractivity contribution in [2.24, 2.45) is 0 Å². The average molecular weight is 290 g/mol. The fourth-order valence-corrected chi connectivity index (χ4v) is 2.29. The predicted octanol–water partition coefficient (Wildman–Crippen LogP) is 4.93. The minimum Gasteiger partial charge on any atom is -0.489 e. The van der Waals surface area contributed by atoms with Gasteiger partial charge in [0.1, 0.15) is 12.4 Å². The third-order valence-corrected chi connectivity index (χ3v) is 3.54. The molecule has 0 aliphatic rings. The molecule has 3 heteroatoms. The summed E-state index contributed by atoms with van der Waals surface area (Å²) in [4.78, 5) is 0. The van der Waals surface area contributed by atoms with Gasteiger partial charge < -0.3 is 10.5 Å². The van der Waals surface area contributed by atoms with Crippen molar-refractivity contribution in [2.45, 2.75) is 33.3 Å². The molecule has 0 bridgehead atoms. The van der Waals surface area contributed by atoms with Gasteiger partial charge in [-0.1, -0.05) is 37.6 Å². The van der Waals surface area contributed by atoms with Gasteiger partial charge in [-0.25, -0.2) is 0 Å². The predicted molar refractivity (Wildman–Crippen MR) is 85.5 cm³/mol. The topological polar surface area (TPSA) is 35.2 Å². The van der Waals surface area contributed by atoms with Crippen LogP contribution < -0.4 is 10.5 Å². The SMILES string of the molecule is Cc1cc(OCc2cccc(Cl)c2)c(C(C)C)cc1N. The van der Waals surface area contributed by atoms with Gasteiger partial charge in [0.05, 0.1) is 0 Å². The van der Waals surface area contributed by atoms with Crippen LogP contribution in [0.3, 0.4) is 0 Å². The van der Waals surface area contributed by atoms with Gasteiger partial charge in [0, 0.05) is 10.7 Å². The Morgan fingerprint density at radius 2 is 1.95 bits per heavy atom. The Bertz CT molecular complexity index is 608. The van der Waals surface area contributed by atoms with Gasteiger partial charge in [-0.3, -0.25) is 0 Å². The smallest absolute Gasteiger partial charge is 0.123 e. The Labute approximate surface area is 125 Å². The number of aryl methyl sites for hydroxylation is 1. The highest BCUT2D eigenvalue weighted by molar-refractivity contribution is 6.30. The third-order valence-electron chi connectivity index (χ3n) is 3.30. The molecule has 0 unspecified atom stereocenters. The van der Waals surface area contributed by atoms with Gasteiger partial charge in [-0.05, 0) is 53.8 Å². The summed E-state index contributed by atoms with van der Waals surface area (Å²) < 4.78 is 5.96. The number of halogens is 1. The van der Waals surface area contributed by atoms with E-state index in [0.717, 1.165) is 33.1 Å². The summed E-state index contributed by atoms with van der Waals surface area (Å²) in [6.45, 7) is 6.77. The lowest BCUT2D eigenvalue weighted by molar-refractivity contribution is 0.301. The first-order valence-corrected chi connectivity index (χ1v) is 7.12. The van der Waals surface area contributed by atoms with Gasteiger partial charge in [0.25, 0.3) is 0 Å². The quantitative estimate of drug-likeness (QED) is 0.810. The number of benzene rings is 2. The Morgan fingerprint density at radius 3 is 2.60 bits per heavy atom. The van der Waals surface area contributed by atoms with E-state index in [1.165, 1.54) is 0 Å². The number of hydrogen-bond donors (Lipinski definition) is 1. The second-order valence-electron chi connectivity index (χ2n) is 5.32. The Balaban J connectivity index is 2.22. The molecule has 2 N–H and O–H groups in total. The number of ether oxygens (including phenoxy) is 1. The van der Waals surface area contributed by atoms with Crippen LogP contribution in [0.1, 0.15) is 36.5 Å². The average Bonchev–Trinajstić information content (AvgIpc) is 2.39. The van der Waals surface area contributed by atoms with Crippen LogP contribution in [0.2, 0.25) is 5.02 Å². The molecule has 106 valence electrons. The van der Waals surface area contributed by atoms with Crippen LogP contribution in [0.5, 0.6) is 5.75 Å². The van der Waals surface area contributed by atoms with E-state index < -0.39 is 0 Å². The molecule has 2 rings (SSSR count). The first-order valence-electron chi connectivity index (χ1n) is 6.74. The van der Waals surface area contributed by atoms with Crippen molar-refractivity contribution in [3.05, 3.63) is 58.1 Å². The molecule has 0 aliphatic heterocycles. The van der Waals surface area contributed by atoms with E-state index in [9.17, 15) is 0 Å². The maximum atomic E-state index is 5.98. The van der Waals surface area contributed by atoms with Crippen LogP contribution in [0, 0.1) is 6.92 Å². The fraction of sp³-hybridized carbons (Fsp3) is 0.294. The van der Waals surface area contributed by atoms with Crippen molar-refractivity contribution in [1.82, 2.24) is 0 Å². The van der Waals surface area contributed by atoms with E-state index in [1.54, 1.807) is 0 Å². The zero-order valence-electron chi connectivity index (χ0n) is 12.1. The van der Waals surface area contributed by atoms with Gasteiger partial charge in [-0.15, -0.1) is 0 Å². The highest BCUT2D eigenvalue weighted by atomic mass is 35.5. The maximum absolute atomic E-state index is 5.98. The molecule has 2 aromatic rings. The zero-order valence-corrected chi connectivity index (χ0v) is 12.9. The Morgan fingerprint density at radius 1 is 1.20 bits per heavy atom. The van der Waals surface area contributed by atoms with Crippen molar-refractivity contribution in [3.8, 4) is 5.75 Å². The number of nitrogen functional groups attached to an aromatic ring is 1. The molecule has 0 saturated carbocycles. The lowest BCUT2D eigenvalue weighted by Crippen LogP contribution is -2.02. The summed E-state index contributed by atoms with van der Waals surface area (Å²) in [6, 6.07) is 11.7. The van der Waals surface area contributed by atoms with Crippen molar-refractivity contribution in [3.63, 3.8) is 0 Å². The normalized spacial score (nSPS) is 10.8. The molecule has 0 aliphatic carbocycles. The number of hydrogen-bond acceptors (Lipinski definition) is 2. The van der Waals surface area contributed by atoms with Crippen LogP contribution in [-0.4, -0.2) is 0 Å². The van der Waals surface area contributed by atoms with Crippen molar-refractivity contribution in [1.29, 1.82) is 0 Å². The summed E-state index contributed by atoms with van der Waals surface area (Å²) in [5, 5.41) is 0.726. The van der Waals surface area contributed by atoms with Crippen molar-refractivity contribution in [2.75, 3.05) is 5.73 Å². The number of nitrogens with two attached hydrogens (primary N) is 1.